The molecule has 20 heavy (non-hydrogen) atoms. The highest BCUT2D eigenvalue weighted by atomic mass is 16.5. The van der Waals surface area contributed by atoms with Crippen LogP contribution in [-0.4, -0.2) is 57.1 Å². The predicted molar refractivity (Wildman–Crippen MR) is 62.9 cm³/mol. The van der Waals surface area contributed by atoms with Crippen LogP contribution in [0.25, 0.3) is 0 Å². The quantitative estimate of drug-likeness (QED) is 0.439. The Morgan fingerprint density at radius 2 is 1.60 bits per heavy atom. The zero-order valence-corrected chi connectivity index (χ0v) is 10.1. The van der Waals surface area contributed by atoms with Gasteiger partial charge in [-0.1, -0.05) is 12.1 Å². The number of nitrogens with zero attached hydrogens (tertiary/aromatic N) is 2. The van der Waals surface area contributed by atoms with Gasteiger partial charge in [0.15, 0.2) is 0 Å². The second-order valence-electron chi connectivity index (χ2n) is 4.09. The standard InChI is InChI=1S/C12H10N2O6/c15-9(14(20)6-10(16)17)5-13-11(18)7-3-1-2-4-8(7)12(13)19/h1-4,20H,5-6H2,(H,16,17). The summed E-state index contributed by atoms with van der Waals surface area (Å²) in [6, 6.07) is 6.07. The summed E-state index contributed by atoms with van der Waals surface area (Å²) in [4.78, 5) is 46.4. The largest absolute Gasteiger partial charge is 0.480 e. The normalized spacial score (nSPS) is 13.3. The fourth-order valence-corrected chi connectivity index (χ4v) is 1.82. The van der Waals surface area contributed by atoms with Gasteiger partial charge < -0.3 is 5.11 Å². The first-order chi connectivity index (χ1) is 9.41. The second-order valence-corrected chi connectivity index (χ2v) is 4.09. The van der Waals surface area contributed by atoms with E-state index in [9.17, 15) is 24.4 Å². The number of carbonyl (C=O) groups is 4. The van der Waals surface area contributed by atoms with Gasteiger partial charge in [-0.05, 0) is 12.1 Å². The highest BCUT2D eigenvalue weighted by Crippen LogP contribution is 2.22. The van der Waals surface area contributed by atoms with Crippen molar-refractivity contribution in [1.82, 2.24) is 9.96 Å². The van der Waals surface area contributed by atoms with Crippen molar-refractivity contribution < 1.29 is 29.5 Å². The fraction of sp³-hybridized carbons (Fsp3) is 0.167. The van der Waals surface area contributed by atoms with E-state index in [0.717, 1.165) is 0 Å². The number of rotatable bonds is 4. The van der Waals surface area contributed by atoms with Crippen molar-refractivity contribution in [2.24, 2.45) is 0 Å². The molecular weight excluding hydrogens is 268 g/mol. The molecule has 2 rings (SSSR count). The summed E-state index contributed by atoms with van der Waals surface area (Å²) in [5.74, 6) is -3.77. The van der Waals surface area contributed by atoms with E-state index >= 15 is 0 Å². The van der Waals surface area contributed by atoms with Crippen molar-refractivity contribution in [3.63, 3.8) is 0 Å². The Morgan fingerprint density at radius 1 is 1.10 bits per heavy atom. The average Bonchev–Trinajstić information content (AvgIpc) is 2.64. The Hall–Kier alpha value is -2.74. The average molecular weight is 278 g/mol. The number of carbonyl (C=O) groups excluding carboxylic acids is 3. The summed E-state index contributed by atoms with van der Waals surface area (Å²) >= 11 is 0. The van der Waals surface area contributed by atoms with Gasteiger partial charge in [0, 0.05) is 0 Å². The van der Waals surface area contributed by atoms with Crippen molar-refractivity contribution in [3.05, 3.63) is 35.4 Å². The number of imide groups is 1. The van der Waals surface area contributed by atoms with Gasteiger partial charge in [-0.3, -0.25) is 29.3 Å². The van der Waals surface area contributed by atoms with E-state index in [0.29, 0.717) is 4.90 Å². The van der Waals surface area contributed by atoms with Crippen LogP contribution in [0.1, 0.15) is 20.7 Å². The van der Waals surface area contributed by atoms with E-state index in [1.807, 2.05) is 0 Å². The SMILES string of the molecule is O=C(O)CN(O)C(=O)CN1C(=O)c2ccccc2C1=O. The number of aliphatic carboxylic acids is 1. The molecule has 1 aliphatic rings. The Balaban J connectivity index is 2.13. The Bertz CT molecular complexity index is 577. The van der Waals surface area contributed by atoms with Crippen LogP contribution in [0, 0.1) is 0 Å². The molecule has 0 atom stereocenters. The third-order valence-electron chi connectivity index (χ3n) is 2.74. The maximum atomic E-state index is 11.9. The van der Waals surface area contributed by atoms with Gasteiger partial charge in [-0.15, -0.1) is 0 Å². The van der Waals surface area contributed by atoms with Crippen LogP contribution in [0.2, 0.25) is 0 Å². The van der Waals surface area contributed by atoms with Crippen LogP contribution in [0.5, 0.6) is 0 Å². The second kappa shape index (κ2) is 5.10. The van der Waals surface area contributed by atoms with Gasteiger partial charge >= 0.3 is 5.97 Å². The van der Waals surface area contributed by atoms with Crippen LogP contribution >= 0.6 is 0 Å². The molecule has 104 valence electrons. The monoisotopic (exact) mass is 278 g/mol. The summed E-state index contributed by atoms with van der Waals surface area (Å²) in [5, 5.41) is 17.6. The molecule has 1 heterocycles. The molecule has 0 fully saturated rings. The predicted octanol–water partition coefficient (Wildman–Crippen LogP) is -0.415. The molecule has 1 aromatic carbocycles. The van der Waals surface area contributed by atoms with Crippen molar-refractivity contribution >= 4 is 23.7 Å². The molecule has 8 nitrogen and oxygen atoms in total. The zero-order valence-electron chi connectivity index (χ0n) is 10.1. The highest BCUT2D eigenvalue weighted by Gasteiger charge is 2.37. The summed E-state index contributed by atoms with van der Waals surface area (Å²) in [6.45, 7) is -1.64. The molecule has 0 aromatic heterocycles. The summed E-state index contributed by atoms with van der Waals surface area (Å²) < 4.78 is 0. The maximum Gasteiger partial charge on any atom is 0.325 e. The lowest BCUT2D eigenvalue weighted by Crippen LogP contribution is -2.43. The van der Waals surface area contributed by atoms with Crippen molar-refractivity contribution in [3.8, 4) is 0 Å². The molecule has 0 aliphatic carbocycles. The van der Waals surface area contributed by atoms with Crippen LogP contribution < -0.4 is 0 Å². The summed E-state index contributed by atoms with van der Waals surface area (Å²) in [6.07, 6.45) is 0. The number of hydrogen-bond donors (Lipinski definition) is 2. The van der Waals surface area contributed by atoms with Gasteiger partial charge in [0.2, 0.25) is 0 Å². The van der Waals surface area contributed by atoms with Gasteiger partial charge in [-0.2, -0.15) is 0 Å². The van der Waals surface area contributed by atoms with E-state index in [4.69, 9.17) is 5.11 Å². The first kappa shape index (κ1) is 13.7. The molecular formula is C12H10N2O6. The lowest BCUT2D eigenvalue weighted by atomic mass is 10.1. The third-order valence-corrected chi connectivity index (χ3v) is 2.74. The minimum Gasteiger partial charge on any atom is -0.480 e. The van der Waals surface area contributed by atoms with Crippen LogP contribution in [0.15, 0.2) is 24.3 Å². The first-order valence-corrected chi connectivity index (χ1v) is 5.58. The number of carboxylic acid groups (broad SMARTS) is 1. The van der Waals surface area contributed by atoms with Gasteiger partial charge in [0.25, 0.3) is 17.7 Å². The third kappa shape index (κ3) is 2.36. The Labute approximate surface area is 112 Å². The number of carboxylic acids is 1. The van der Waals surface area contributed by atoms with Crippen molar-refractivity contribution in [1.29, 1.82) is 0 Å². The molecule has 0 spiro atoms. The van der Waals surface area contributed by atoms with Crippen molar-refractivity contribution in [2.45, 2.75) is 0 Å². The number of fused-ring (bicyclic) bond motifs is 1. The Kier molecular flexibility index (Phi) is 3.49. The van der Waals surface area contributed by atoms with Crippen LogP contribution in [0.4, 0.5) is 0 Å². The first-order valence-electron chi connectivity index (χ1n) is 5.58. The van der Waals surface area contributed by atoms with E-state index < -0.39 is 36.8 Å². The van der Waals surface area contributed by atoms with E-state index in [1.165, 1.54) is 12.1 Å². The number of hydrogen-bond acceptors (Lipinski definition) is 5. The molecule has 1 aromatic rings. The minimum atomic E-state index is -1.41. The molecule has 0 unspecified atom stereocenters. The summed E-state index contributed by atoms with van der Waals surface area (Å²) in [7, 11) is 0. The van der Waals surface area contributed by atoms with Crippen molar-refractivity contribution in [2.75, 3.05) is 13.1 Å². The molecule has 0 saturated carbocycles. The Morgan fingerprint density at radius 3 is 2.05 bits per heavy atom. The van der Waals surface area contributed by atoms with E-state index in [1.54, 1.807) is 12.1 Å². The van der Waals surface area contributed by atoms with Crippen LogP contribution in [0.3, 0.4) is 0 Å². The van der Waals surface area contributed by atoms with Gasteiger partial charge in [-0.25, -0.2) is 5.06 Å². The summed E-state index contributed by atoms with van der Waals surface area (Å²) in [5.41, 5.74) is 0.348. The lowest BCUT2D eigenvalue weighted by Gasteiger charge is -2.17. The fourth-order valence-electron chi connectivity index (χ4n) is 1.82. The molecule has 1 aliphatic heterocycles. The maximum absolute atomic E-state index is 11.9. The van der Waals surface area contributed by atoms with Crippen LogP contribution in [-0.2, 0) is 9.59 Å². The molecule has 0 bridgehead atoms. The molecule has 8 heteroatoms. The smallest absolute Gasteiger partial charge is 0.325 e. The molecule has 2 N–H and O–H groups in total. The van der Waals surface area contributed by atoms with Gasteiger partial charge in [0.1, 0.15) is 13.1 Å². The van der Waals surface area contributed by atoms with E-state index in [2.05, 4.69) is 0 Å². The molecule has 3 amide bonds. The minimum absolute atomic E-state index is 0.0497. The zero-order chi connectivity index (χ0) is 14.9. The lowest BCUT2D eigenvalue weighted by molar-refractivity contribution is -0.173. The molecule has 0 radical (unpaired) electrons. The highest BCUT2D eigenvalue weighted by molar-refractivity contribution is 6.22. The molecule has 0 saturated heterocycles. The number of amides is 3. The van der Waals surface area contributed by atoms with E-state index in [-0.39, 0.29) is 16.2 Å². The topological polar surface area (TPSA) is 115 Å². The number of hydroxylamine groups is 2. The van der Waals surface area contributed by atoms with Gasteiger partial charge in [0.05, 0.1) is 11.1 Å². The number of benzene rings is 1.